The molecule has 7 nitrogen and oxygen atoms in total. The molecule has 17 heavy (non-hydrogen) atoms. The first kappa shape index (κ1) is 13.7. The number of hydrogen-bond acceptors (Lipinski definition) is 7. The van der Waals surface area contributed by atoms with Crippen molar-refractivity contribution < 1.29 is 8.95 Å². The van der Waals surface area contributed by atoms with Crippen molar-refractivity contribution in [3.63, 3.8) is 0 Å². The molecule has 4 N–H and O–H groups in total. The summed E-state index contributed by atoms with van der Waals surface area (Å²) in [4.78, 5) is 7.98. The van der Waals surface area contributed by atoms with E-state index in [4.69, 9.17) is 10.6 Å². The first-order chi connectivity index (χ1) is 8.19. The van der Waals surface area contributed by atoms with Crippen LogP contribution in [0.2, 0.25) is 0 Å². The number of hydrazine groups is 1. The van der Waals surface area contributed by atoms with E-state index < -0.39 is 10.8 Å². The average molecular weight is 259 g/mol. The van der Waals surface area contributed by atoms with Crippen LogP contribution in [0.1, 0.15) is 6.42 Å². The summed E-state index contributed by atoms with van der Waals surface area (Å²) in [5, 5.41) is 3.09. The van der Waals surface area contributed by atoms with E-state index in [0.29, 0.717) is 29.7 Å². The highest BCUT2D eigenvalue weighted by Gasteiger charge is 2.10. The molecule has 0 aliphatic rings. The topological polar surface area (TPSA) is 102 Å². The highest BCUT2D eigenvalue weighted by Crippen LogP contribution is 2.27. The number of aromatic nitrogens is 2. The highest BCUT2D eigenvalue weighted by molar-refractivity contribution is 7.84. The zero-order chi connectivity index (χ0) is 12.7. The average Bonchev–Trinajstić information content (AvgIpc) is 2.33. The van der Waals surface area contributed by atoms with Crippen LogP contribution in [0.3, 0.4) is 0 Å². The SMILES string of the molecule is COc1c(NN)ncnc1NCCCS(C)=O. The Morgan fingerprint density at radius 2 is 2.18 bits per heavy atom. The fourth-order valence-electron chi connectivity index (χ4n) is 1.28. The molecule has 0 amide bonds. The summed E-state index contributed by atoms with van der Waals surface area (Å²) in [6, 6.07) is 0. The minimum absolute atomic E-state index is 0.420. The standard InChI is InChI=1S/C9H17N5O2S/c1-16-7-8(11-4-3-5-17(2)15)12-6-13-9(7)14-10/h6H,3-5,10H2,1-2H3,(H2,11,12,13,14). The smallest absolute Gasteiger partial charge is 0.205 e. The molecule has 0 aliphatic heterocycles. The summed E-state index contributed by atoms with van der Waals surface area (Å²) < 4.78 is 16.0. The Balaban J connectivity index is 2.60. The lowest BCUT2D eigenvalue weighted by atomic mass is 10.4. The minimum atomic E-state index is -0.773. The van der Waals surface area contributed by atoms with Crippen molar-refractivity contribution in [2.24, 2.45) is 5.84 Å². The first-order valence-electron chi connectivity index (χ1n) is 5.08. The van der Waals surface area contributed by atoms with Crippen molar-refractivity contribution >= 4 is 22.4 Å². The van der Waals surface area contributed by atoms with Gasteiger partial charge in [-0.25, -0.2) is 15.8 Å². The summed E-state index contributed by atoms with van der Waals surface area (Å²) >= 11 is 0. The Bertz CT molecular complexity index is 388. The van der Waals surface area contributed by atoms with E-state index in [-0.39, 0.29) is 0 Å². The van der Waals surface area contributed by atoms with Crippen molar-refractivity contribution in [1.29, 1.82) is 0 Å². The van der Waals surface area contributed by atoms with Gasteiger partial charge in [-0.1, -0.05) is 0 Å². The fraction of sp³-hybridized carbons (Fsp3) is 0.556. The van der Waals surface area contributed by atoms with Crippen LogP contribution < -0.4 is 21.3 Å². The summed E-state index contributed by atoms with van der Waals surface area (Å²) in [7, 11) is 0.747. The van der Waals surface area contributed by atoms with Gasteiger partial charge in [-0.05, 0) is 6.42 Å². The molecule has 1 unspecified atom stereocenters. The second-order valence-corrected chi connectivity index (χ2v) is 4.86. The molecule has 0 aromatic carbocycles. The van der Waals surface area contributed by atoms with E-state index in [1.807, 2.05) is 0 Å². The molecule has 0 fully saturated rings. The second kappa shape index (κ2) is 7.02. The number of ether oxygens (including phenoxy) is 1. The number of rotatable bonds is 7. The van der Waals surface area contributed by atoms with E-state index in [9.17, 15) is 4.21 Å². The van der Waals surface area contributed by atoms with Crippen LogP contribution in [0, 0.1) is 0 Å². The van der Waals surface area contributed by atoms with Crippen LogP contribution in [0.4, 0.5) is 11.6 Å². The maximum absolute atomic E-state index is 10.9. The molecule has 1 rings (SSSR count). The largest absolute Gasteiger partial charge is 0.490 e. The van der Waals surface area contributed by atoms with E-state index in [1.165, 1.54) is 13.4 Å². The monoisotopic (exact) mass is 259 g/mol. The molecule has 1 aromatic rings. The van der Waals surface area contributed by atoms with Gasteiger partial charge in [-0.3, -0.25) is 4.21 Å². The summed E-state index contributed by atoms with van der Waals surface area (Å²) in [6.45, 7) is 0.664. The van der Waals surface area contributed by atoms with Gasteiger partial charge in [0.15, 0.2) is 11.6 Å². The molecular weight excluding hydrogens is 242 g/mol. The van der Waals surface area contributed by atoms with E-state index in [1.54, 1.807) is 6.26 Å². The highest BCUT2D eigenvalue weighted by atomic mass is 32.2. The zero-order valence-electron chi connectivity index (χ0n) is 9.90. The number of nitrogen functional groups attached to an aromatic ring is 1. The molecule has 8 heteroatoms. The van der Waals surface area contributed by atoms with Crippen LogP contribution >= 0.6 is 0 Å². The van der Waals surface area contributed by atoms with Gasteiger partial charge in [0, 0.05) is 29.4 Å². The Labute approximate surface area is 103 Å². The lowest BCUT2D eigenvalue weighted by Crippen LogP contribution is -2.13. The molecule has 0 aliphatic carbocycles. The number of nitrogens with two attached hydrogens (primary N) is 1. The maximum atomic E-state index is 10.9. The third-order valence-electron chi connectivity index (χ3n) is 2.05. The van der Waals surface area contributed by atoms with E-state index in [0.717, 1.165) is 6.42 Å². The fourth-order valence-corrected chi connectivity index (χ4v) is 1.83. The van der Waals surface area contributed by atoms with E-state index in [2.05, 4.69) is 20.7 Å². The third-order valence-corrected chi connectivity index (χ3v) is 2.91. The number of hydrogen-bond donors (Lipinski definition) is 3. The predicted molar refractivity (Wildman–Crippen MR) is 68.4 cm³/mol. The Morgan fingerprint density at radius 3 is 2.76 bits per heavy atom. The number of methoxy groups -OCH3 is 1. The Hall–Kier alpha value is -1.41. The van der Waals surface area contributed by atoms with Crippen LogP contribution in [-0.2, 0) is 10.8 Å². The van der Waals surface area contributed by atoms with Crippen LogP contribution in [0.15, 0.2) is 6.33 Å². The first-order valence-corrected chi connectivity index (χ1v) is 6.81. The molecule has 0 radical (unpaired) electrons. The lowest BCUT2D eigenvalue weighted by Gasteiger charge is -2.12. The minimum Gasteiger partial charge on any atom is -0.490 e. The third kappa shape index (κ3) is 4.16. The van der Waals surface area contributed by atoms with Crippen LogP contribution in [-0.4, -0.2) is 39.8 Å². The predicted octanol–water partition coefficient (Wildman–Crippen LogP) is -0.0487. The van der Waals surface area contributed by atoms with Gasteiger partial charge < -0.3 is 15.5 Å². The second-order valence-electron chi connectivity index (χ2n) is 3.31. The summed E-state index contributed by atoms with van der Waals surface area (Å²) in [5.41, 5.74) is 2.43. The quantitative estimate of drug-likeness (QED) is 0.358. The number of nitrogens with one attached hydrogen (secondary N) is 2. The normalized spacial score (nSPS) is 11.9. The van der Waals surface area contributed by atoms with Gasteiger partial charge in [0.1, 0.15) is 6.33 Å². The van der Waals surface area contributed by atoms with Crippen molar-refractivity contribution in [3.8, 4) is 5.75 Å². The Morgan fingerprint density at radius 1 is 1.47 bits per heavy atom. The number of anilines is 2. The molecule has 1 heterocycles. The molecule has 96 valence electrons. The van der Waals surface area contributed by atoms with Crippen molar-refractivity contribution in [2.75, 3.05) is 36.4 Å². The van der Waals surface area contributed by atoms with Gasteiger partial charge in [0.2, 0.25) is 5.75 Å². The Kier molecular flexibility index (Phi) is 5.64. The summed E-state index contributed by atoms with van der Waals surface area (Å²) in [5.74, 6) is 7.41. The van der Waals surface area contributed by atoms with Gasteiger partial charge >= 0.3 is 0 Å². The molecule has 0 saturated heterocycles. The molecule has 0 saturated carbocycles. The van der Waals surface area contributed by atoms with Crippen molar-refractivity contribution in [3.05, 3.63) is 6.33 Å². The molecule has 1 atom stereocenters. The molecular formula is C9H17N5O2S. The molecule has 1 aromatic heterocycles. The van der Waals surface area contributed by atoms with Gasteiger partial charge in [-0.15, -0.1) is 0 Å². The zero-order valence-corrected chi connectivity index (χ0v) is 10.7. The van der Waals surface area contributed by atoms with Gasteiger partial charge in [-0.2, -0.15) is 0 Å². The molecule has 0 spiro atoms. The summed E-state index contributed by atoms with van der Waals surface area (Å²) in [6.07, 6.45) is 3.86. The number of nitrogens with zero attached hydrogens (tertiary/aromatic N) is 2. The van der Waals surface area contributed by atoms with Crippen LogP contribution in [0.25, 0.3) is 0 Å². The van der Waals surface area contributed by atoms with E-state index >= 15 is 0 Å². The van der Waals surface area contributed by atoms with Crippen LogP contribution in [0.5, 0.6) is 5.75 Å². The van der Waals surface area contributed by atoms with Crippen molar-refractivity contribution in [1.82, 2.24) is 9.97 Å². The van der Waals surface area contributed by atoms with Crippen molar-refractivity contribution in [2.45, 2.75) is 6.42 Å². The van der Waals surface area contributed by atoms with Gasteiger partial charge in [0.05, 0.1) is 7.11 Å². The van der Waals surface area contributed by atoms with Gasteiger partial charge in [0.25, 0.3) is 0 Å². The maximum Gasteiger partial charge on any atom is 0.205 e. The lowest BCUT2D eigenvalue weighted by molar-refractivity contribution is 0.414. The molecule has 0 bridgehead atoms.